The first kappa shape index (κ1) is 16.4. The Morgan fingerprint density at radius 3 is 2.67 bits per heavy atom. The van der Waals surface area contributed by atoms with Crippen molar-refractivity contribution in [2.45, 2.75) is 27.2 Å². The highest BCUT2D eigenvalue weighted by Gasteiger charge is 2.22. The fourth-order valence-corrected chi connectivity index (χ4v) is 3.17. The molecule has 6 heteroatoms. The van der Waals surface area contributed by atoms with Crippen molar-refractivity contribution in [3.63, 3.8) is 0 Å². The van der Waals surface area contributed by atoms with Gasteiger partial charge in [0.25, 0.3) is 5.91 Å². The first-order valence-electron chi connectivity index (χ1n) is 8.32. The normalized spacial score (nSPS) is 15.3. The minimum absolute atomic E-state index is 0.00287. The van der Waals surface area contributed by atoms with Crippen molar-refractivity contribution in [2.24, 2.45) is 0 Å². The third-order valence-electron chi connectivity index (χ3n) is 4.30. The lowest BCUT2D eigenvalue weighted by atomic mass is 10.2. The molecule has 0 aromatic carbocycles. The highest BCUT2D eigenvalue weighted by Crippen LogP contribution is 2.20. The third-order valence-corrected chi connectivity index (χ3v) is 4.30. The van der Waals surface area contributed by atoms with E-state index in [9.17, 15) is 4.79 Å². The van der Waals surface area contributed by atoms with Gasteiger partial charge >= 0.3 is 0 Å². The van der Waals surface area contributed by atoms with Gasteiger partial charge in [-0.2, -0.15) is 0 Å². The molecule has 0 spiro atoms. The number of amides is 1. The second-order valence-corrected chi connectivity index (χ2v) is 6.24. The fraction of sp³-hybridized carbons (Fsp3) is 0.444. The van der Waals surface area contributed by atoms with Crippen molar-refractivity contribution in [3.8, 4) is 0 Å². The first-order chi connectivity index (χ1) is 11.5. The molecule has 0 atom stereocenters. The summed E-state index contributed by atoms with van der Waals surface area (Å²) in [6.07, 6.45) is 4.65. The van der Waals surface area contributed by atoms with Gasteiger partial charge in [0.1, 0.15) is 11.5 Å². The van der Waals surface area contributed by atoms with Crippen LogP contribution in [-0.2, 0) is 0 Å². The van der Waals surface area contributed by atoms with Gasteiger partial charge in [-0.25, -0.2) is 9.97 Å². The molecular weight excluding hydrogens is 302 g/mol. The molecule has 0 bridgehead atoms. The van der Waals surface area contributed by atoms with E-state index >= 15 is 0 Å². The number of carbonyl (C=O) groups excluding carboxylic acids is 1. The minimum atomic E-state index is -0.00287. The average Bonchev–Trinajstić information content (AvgIpc) is 2.79. The molecule has 126 valence electrons. The Hall–Kier alpha value is -2.50. The van der Waals surface area contributed by atoms with Gasteiger partial charge in [0.15, 0.2) is 0 Å². The largest absolute Gasteiger partial charge is 0.369 e. The second-order valence-electron chi connectivity index (χ2n) is 6.24. The topological polar surface area (TPSA) is 62.2 Å². The number of pyridine rings is 1. The molecule has 0 aliphatic carbocycles. The molecule has 3 heterocycles. The van der Waals surface area contributed by atoms with Crippen LogP contribution in [-0.4, -0.2) is 51.9 Å². The quantitative estimate of drug-likeness (QED) is 0.846. The molecule has 2 aromatic heterocycles. The van der Waals surface area contributed by atoms with Crippen LogP contribution >= 0.6 is 0 Å². The Balaban J connectivity index is 1.73. The van der Waals surface area contributed by atoms with E-state index in [1.165, 1.54) is 11.3 Å². The van der Waals surface area contributed by atoms with E-state index in [1.807, 2.05) is 37.2 Å². The van der Waals surface area contributed by atoms with E-state index in [4.69, 9.17) is 0 Å². The Morgan fingerprint density at radius 2 is 1.92 bits per heavy atom. The maximum atomic E-state index is 12.8. The summed E-state index contributed by atoms with van der Waals surface area (Å²) in [5.41, 5.74) is 3.69. The second kappa shape index (κ2) is 6.95. The monoisotopic (exact) mass is 325 g/mol. The SMILES string of the molecule is Cc1cc(C(=O)N2CCCN(c3ccncc3C)CC2)nc(C)n1. The van der Waals surface area contributed by atoms with Gasteiger partial charge < -0.3 is 9.80 Å². The molecule has 2 aromatic rings. The van der Waals surface area contributed by atoms with Crippen molar-refractivity contribution in [2.75, 3.05) is 31.1 Å². The molecule has 0 saturated carbocycles. The maximum absolute atomic E-state index is 12.8. The summed E-state index contributed by atoms with van der Waals surface area (Å²) in [5.74, 6) is 0.638. The molecule has 1 aliphatic heterocycles. The van der Waals surface area contributed by atoms with Crippen LogP contribution in [0.1, 0.15) is 34.0 Å². The number of hydrogen-bond donors (Lipinski definition) is 0. The predicted octanol–water partition coefficient (Wildman–Crippen LogP) is 2.15. The molecule has 1 fully saturated rings. The van der Waals surface area contributed by atoms with Gasteiger partial charge in [-0.1, -0.05) is 0 Å². The van der Waals surface area contributed by atoms with E-state index in [-0.39, 0.29) is 5.91 Å². The van der Waals surface area contributed by atoms with Crippen molar-refractivity contribution in [3.05, 3.63) is 47.3 Å². The molecule has 0 N–H and O–H groups in total. The van der Waals surface area contributed by atoms with Crippen LogP contribution in [0.5, 0.6) is 0 Å². The lowest BCUT2D eigenvalue weighted by Gasteiger charge is -2.25. The summed E-state index contributed by atoms with van der Waals surface area (Å²) in [7, 11) is 0. The van der Waals surface area contributed by atoms with Gasteiger partial charge in [-0.3, -0.25) is 9.78 Å². The number of anilines is 1. The lowest BCUT2D eigenvalue weighted by Crippen LogP contribution is -2.36. The molecular formula is C18H23N5O. The van der Waals surface area contributed by atoms with E-state index in [0.717, 1.165) is 31.7 Å². The third kappa shape index (κ3) is 3.53. The van der Waals surface area contributed by atoms with Crippen molar-refractivity contribution in [1.82, 2.24) is 19.9 Å². The van der Waals surface area contributed by atoms with Gasteiger partial charge in [0, 0.05) is 50.0 Å². The summed E-state index contributed by atoms with van der Waals surface area (Å²) in [6.45, 7) is 8.99. The van der Waals surface area contributed by atoms with Crippen molar-refractivity contribution >= 4 is 11.6 Å². The number of carbonyl (C=O) groups is 1. The number of nitrogens with zero attached hydrogens (tertiary/aromatic N) is 5. The van der Waals surface area contributed by atoms with E-state index < -0.39 is 0 Å². The smallest absolute Gasteiger partial charge is 0.272 e. The summed E-state index contributed by atoms with van der Waals surface area (Å²) in [5, 5.41) is 0. The van der Waals surface area contributed by atoms with Crippen LogP contribution in [0.4, 0.5) is 5.69 Å². The van der Waals surface area contributed by atoms with Crippen LogP contribution in [0.3, 0.4) is 0 Å². The minimum Gasteiger partial charge on any atom is -0.369 e. The standard InChI is InChI=1S/C18H23N5O/c1-13-12-19-6-5-17(13)22-7-4-8-23(10-9-22)18(24)16-11-14(2)20-15(3)21-16/h5-6,11-12H,4,7-10H2,1-3H3. The van der Waals surface area contributed by atoms with Gasteiger partial charge in [0.2, 0.25) is 0 Å². The summed E-state index contributed by atoms with van der Waals surface area (Å²) in [4.78, 5) is 29.7. The molecule has 1 aliphatic rings. The Morgan fingerprint density at radius 1 is 1.08 bits per heavy atom. The average molecular weight is 325 g/mol. The molecule has 3 rings (SSSR count). The van der Waals surface area contributed by atoms with Crippen LogP contribution in [0.2, 0.25) is 0 Å². The number of rotatable bonds is 2. The summed E-state index contributed by atoms with van der Waals surface area (Å²) < 4.78 is 0. The van der Waals surface area contributed by atoms with Crippen LogP contribution < -0.4 is 4.90 Å². The van der Waals surface area contributed by atoms with Gasteiger partial charge in [-0.05, 0) is 44.9 Å². The van der Waals surface area contributed by atoms with Crippen LogP contribution in [0, 0.1) is 20.8 Å². The maximum Gasteiger partial charge on any atom is 0.272 e. The zero-order valence-electron chi connectivity index (χ0n) is 14.5. The van der Waals surface area contributed by atoms with Crippen LogP contribution in [0.15, 0.2) is 24.5 Å². The molecule has 1 amide bonds. The molecule has 1 saturated heterocycles. The van der Waals surface area contributed by atoms with E-state index in [2.05, 4.69) is 26.8 Å². The fourth-order valence-electron chi connectivity index (χ4n) is 3.17. The highest BCUT2D eigenvalue weighted by atomic mass is 16.2. The summed E-state index contributed by atoms with van der Waals surface area (Å²) >= 11 is 0. The summed E-state index contributed by atoms with van der Waals surface area (Å²) in [6, 6.07) is 3.81. The number of aromatic nitrogens is 3. The predicted molar refractivity (Wildman–Crippen MR) is 93.2 cm³/mol. The van der Waals surface area contributed by atoms with E-state index in [1.54, 1.807) is 6.07 Å². The van der Waals surface area contributed by atoms with E-state index in [0.29, 0.717) is 18.1 Å². The molecule has 24 heavy (non-hydrogen) atoms. The highest BCUT2D eigenvalue weighted by molar-refractivity contribution is 5.92. The Labute approximate surface area is 142 Å². The first-order valence-corrected chi connectivity index (χ1v) is 8.32. The van der Waals surface area contributed by atoms with Gasteiger partial charge in [-0.15, -0.1) is 0 Å². The zero-order valence-corrected chi connectivity index (χ0v) is 14.5. The van der Waals surface area contributed by atoms with Crippen molar-refractivity contribution in [1.29, 1.82) is 0 Å². The van der Waals surface area contributed by atoms with Crippen LogP contribution in [0.25, 0.3) is 0 Å². The molecule has 6 nitrogen and oxygen atoms in total. The number of hydrogen-bond acceptors (Lipinski definition) is 5. The lowest BCUT2D eigenvalue weighted by molar-refractivity contribution is 0.0760. The zero-order chi connectivity index (χ0) is 17.1. The van der Waals surface area contributed by atoms with Gasteiger partial charge in [0.05, 0.1) is 0 Å². The van der Waals surface area contributed by atoms with Crippen molar-refractivity contribution < 1.29 is 4.79 Å². The Bertz CT molecular complexity index is 726. The number of aryl methyl sites for hydroxylation is 3. The molecule has 0 radical (unpaired) electrons. The Kier molecular flexibility index (Phi) is 4.74. The molecule has 0 unspecified atom stereocenters.